The number of nitrogens with one attached hydrogen (secondary N) is 2. The lowest BCUT2D eigenvalue weighted by atomic mass is 10.0. The van der Waals surface area contributed by atoms with Gasteiger partial charge in [-0.05, 0) is 85.7 Å². The molecule has 1 fully saturated rings. The zero-order valence-electron chi connectivity index (χ0n) is 20.1. The number of benzene rings is 1. The molecule has 0 unspecified atom stereocenters. The third-order valence-corrected chi connectivity index (χ3v) is 7.01. The Bertz CT molecular complexity index is 1520. The van der Waals surface area contributed by atoms with Gasteiger partial charge in [-0.2, -0.15) is 0 Å². The van der Waals surface area contributed by atoms with Crippen molar-refractivity contribution in [1.29, 1.82) is 0 Å². The van der Waals surface area contributed by atoms with Crippen molar-refractivity contribution in [2.45, 2.75) is 25.9 Å². The Morgan fingerprint density at radius 3 is 2.53 bits per heavy atom. The average molecular weight is 519 g/mol. The molecule has 1 aliphatic heterocycles. The van der Waals surface area contributed by atoms with Gasteiger partial charge in [0.25, 0.3) is 0 Å². The van der Waals surface area contributed by atoms with Gasteiger partial charge in [0.05, 0.1) is 23.7 Å². The molecule has 1 aromatic carbocycles. The molecule has 0 bridgehead atoms. The minimum absolute atomic E-state index is 0.216. The van der Waals surface area contributed by atoms with E-state index >= 15 is 0 Å². The molecule has 4 aromatic rings. The first-order chi connectivity index (χ1) is 17.2. The number of rotatable bonds is 6. The van der Waals surface area contributed by atoms with Crippen molar-refractivity contribution in [3.63, 3.8) is 0 Å². The largest absolute Gasteiger partial charge is 0.351 e. The van der Waals surface area contributed by atoms with Crippen molar-refractivity contribution in [2.75, 3.05) is 15.9 Å². The number of anilines is 2. The van der Waals surface area contributed by atoms with E-state index in [0.717, 1.165) is 40.3 Å². The van der Waals surface area contributed by atoms with Crippen molar-refractivity contribution in [2.24, 2.45) is 0 Å². The Kier molecular flexibility index (Phi) is 6.23. The summed E-state index contributed by atoms with van der Waals surface area (Å²) in [5, 5.41) is 4.03. The van der Waals surface area contributed by atoms with Crippen LogP contribution in [-0.2, 0) is 10.0 Å². The quantitative estimate of drug-likeness (QED) is 0.365. The first-order valence-corrected chi connectivity index (χ1v) is 13.7. The molecule has 5 rings (SSSR count). The summed E-state index contributed by atoms with van der Waals surface area (Å²) >= 11 is 5.84. The topological polar surface area (TPSA) is 92.2 Å². The predicted molar refractivity (Wildman–Crippen MR) is 146 cm³/mol. The van der Waals surface area contributed by atoms with E-state index in [1.807, 2.05) is 74.8 Å². The predicted octanol–water partition coefficient (Wildman–Crippen LogP) is 4.43. The molecule has 184 valence electrons. The van der Waals surface area contributed by atoms with Crippen LogP contribution < -0.4 is 14.9 Å². The molecule has 4 heterocycles. The lowest BCUT2D eigenvalue weighted by molar-refractivity contribution is 0.548. The highest BCUT2D eigenvalue weighted by Crippen LogP contribution is 2.42. The number of pyridine rings is 2. The Morgan fingerprint density at radius 2 is 1.86 bits per heavy atom. The van der Waals surface area contributed by atoms with Crippen LogP contribution in [-0.4, -0.2) is 34.3 Å². The van der Waals surface area contributed by atoms with Crippen molar-refractivity contribution in [3.05, 3.63) is 102 Å². The highest BCUT2D eigenvalue weighted by atomic mass is 32.2. The Hall–Kier alpha value is -3.76. The number of aromatic nitrogens is 3. The standard InChI is InChI=1S/C26H26N6O2S2/c1-17-9-12-23(28-16-17)31-14-6-8-22(31)25-24(21-7-4-5-13-27-21)29-26(35)32(25)19-10-11-20(18(2)15-19)30-36(3,33)34/h4-16,24-25,30H,1-3H3,(H,29,35)/t24-,25+/m1/s1. The van der Waals surface area contributed by atoms with Crippen LogP contribution in [0.1, 0.15) is 34.6 Å². The lowest BCUT2D eigenvalue weighted by Gasteiger charge is -2.29. The molecule has 8 nitrogen and oxygen atoms in total. The van der Waals surface area contributed by atoms with Gasteiger partial charge in [-0.1, -0.05) is 12.1 Å². The fourth-order valence-electron chi connectivity index (χ4n) is 4.49. The van der Waals surface area contributed by atoms with Crippen LogP contribution in [0.15, 0.2) is 79.3 Å². The average Bonchev–Trinajstić information content (AvgIpc) is 3.45. The van der Waals surface area contributed by atoms with Gasteiger partial charge in [-0.25, -0.2) is 13.4 Å². The second-order valence-corrected chi connectivity index (χ2v) is 11.0. The third kappa shape index (κ3) is 4.69. The van der Waals surface area contributed by atoms with Crippen LogP contribution in [0.25, 0.3) is 5.82 Å². The Balaban J connectivity index is 1.63. The molecule has 0 aliphatic carbocycles. The molecular formula is C26H26N6O2S2. The monoisotopic (exact) mass is 518 g/mol. The molecular weight excluding hydrogens is 492 g/mol. The van der Waals surface area contributed by atoms with Crippen LogP contribution in [0.4, 0.5) is 11.4 Å². The van der Waals surface area contributed by atoms with E-state index in [2.05, 4.69) is 35.5 Å². The summed E-state index contributed by atoms with van der Waals surface area (Å²) in [6.07, 6.45) is 6.75. The van der Waals surface area contributed by atoms with Crippen LogP contribution in [0, 0.1) is 13.8 Å². The molecule has 10 heteroatoms. The van der Waals surface area contributed by atoms with E-state index in [1.165, 1.54) is 0 Å². The van der Waals surface area contributed by atoms with Crippen LogP contribution in [0.2, 0.25) is 0 Å². The maximum Gasteiger partial charge on any atom is 0.229 e. The van der Waals surface area contributed by atoms with Crippen LogP contribution >= 0.6 is 12.2 Å². The maximum atomic E-state index is 11.8. The summed E-state index contributed by atoms with van der Waals surface area (Å²) in [5.74, 6) is 0.807. The first-order valence-electron chi connectivity index (χ1n) is 11.4. The van der Waals surface area contributed by atoms with Crippen molar-refractivity contribution >= 4 is 38.7 Å². The van der Waals surface area contributed by atoms with Gasteiger partial charge in [0.2, 0.25) is 10.0 Å². The molecule has 1 aliphatic rings. The van der Waals surface area contributed by atoms with E-state index in [1.54, 1.807) is 12.3 Å². The van der Waals surface area contributed by atoms with Gasteiger partial charge in [0.1, 0.15) is 11.9 Å². The third-order valence-electron chi connectivity index (χ3n) is 6.11. The van der Waals surface area contributed by atoms with Gasteiger partial charge < -0.3 is 14.8 Å². The van der Waals surface area contributed by atoms with Gasteiger partial charge in [-0.15, -0.1) is 0 Å². The Labute approximate surface area is 216 Å². The highest BCUT2D eigenvalue weighted by molar-refractivity contribution is 7.92. The number of hydrogen-bond acceptors (Lipinski definition) is 5. The van der Waals surface area contributed by atoms with E-state index in [4.69, 9.17) is 12.2 Å². The zero-order chi connectivity index (χ0) is 25.4. The fraction of sp³-hybridized carbons (Fsp3) is 0.192. The second kappa shape index (κ2) is 9.36. The summed E-state index contributed by atoms with van der Waals surface area (Å²) in [6, 6.07) is 19.1. The molecule has 0 amide bonds. The normalized spacial score (nSPS) is 17.8. The van der Waals surface area contributed by atoms with Crippen molar-refractivity contribution < 1.29 is 8.42 Å². The van der Waals surface area contributed by atoms with Gasteiger partial charge in [0.15, 0.2) is 5.11 Å². The number of aryl methyl sites for hydroxylation is 2. The van der Waals surface area contributed by atoms with E-state index < -0.39 is 10.0 Å². The lowest BCUT2D eigenvalue weighted by Crippen LogP contribution is -2.30. The summed E-state index contributed by atoms with van der Waals surface area (Å²) in [7, 11) is -3.39. The SMILES string of the molecule is Cc1ccc(-n2cccc2[C@H]2[C@@H](c3ccccn3)NC(=S)N2c2ccc(NS(C)(=O)=O)c(C)c2)nc1. The Morgan fingerprint density at radius 1 is 1.03 bits per heavy atom. The van der Waals surface area contributed by atoms with E-state index in [9.17, 15) is 8.42 Å². The van der Waals surface area contributed by atoms with Crippen molar-refractivity contribution in [1.82, 2.24) is 19.9 Å². The number of nitrogens with zero attached hydrogens (tertiary/aromatic N) is 4. The van der Waals surface area contributed by atoms with E-state index in [0.29, 0.717) is 10.8 Å². The molecule has 36 heavy (non-hydrogen) atoms. The molecule has 2 N–H and O–H groups in total. The molecule has 2 atom stereocenters. The number of hydrogen-bond donors (Lipinski definition) is 2. The molecule has 3 aromatic heterocycles. The van der Waals surface area contributed by atoms with Crippen LogP contribution in [0.5, 0.6) is 0 Å². The molecule has 0 saturated carbocycles. The smallest absolute Gasteiger partial charge is 0.229 e. The van der Waals surface area contributed by atoms with Gasteiger partial charge >= 0.3 is 0 Å². The fourth-order valence-corrected chi connectivity index (χ4v) is 5.47. The summed E-state index contributed by atoms with van der Waals surface area (Å²) in [6.45, 7) is 3.88. The summed E-state index contributed by atoms with van der Waals surface area (Å²) < 4.78 is 28.2. The van der Waals surface area contributed by atoms with Crippen molar-refractivity contribution in [3.8, 4) is 5.82 Å². The van der Waals surface area contributed by atoms with E-state index in [-0.39, 0.29) is 12.1 Å². The molecule has 1 saturated heterocycles. The molecule has 0 spiro atoms. The van der Waals surface area contributed by atoms with Gasteiger partial charge in [-0.3, -0.25) is 9.71 Å². The van der Waals surface area contributed by atoms with Crippen LogP contribution in [0.3, 0.4) is 0 Å². The van der Waals surface area contributed by atoms with Gasteiger partial charge in [0, 0.05) is 30.0 Å². The molecule has 0 radical (unpaired) electrons. The minimum atomic E-state index is -3.39. The summed E-state index contributed by atoms with van der Waals surface area (Å²) in [4.78, 5) is 11.3. The zero-order valence-corrected chi connectivity index (χ0v) is 21.7. The second-order valence-electron chi connectivity index (χ2n) is 8.87. The summed E-state index contributed by atoms with van der Waals surface area (Å²) in [5.41, 5.74) is 5.11. The minimum Gasteiger partial charge on any atom is -0.351 e. The number of sulfonamides is 1. The maximum absolute atomic E-state index is 11.8. The highest BCUT2D eigenvalue weighted by Gasteiger charge is 2.42. The number of thiocarbonyl (C=S) groups is 1. The first kappa shape index (κ1) is 24.0.